The summed E-state index contributed by atoms with van der Waals surface area (Å²) in [5.41, 5.74) is 9.18. The molecule has 0 fully saturated rings. The van der Waals surface area contributed by atoms with Crippen LogP contribution in [0.15, 0.2) is 79.3 Å². The zero-order chi connectivity index (χ0) is 32.3. The standard InChI is InChI=1S/C35H39FN8S/c1-9-10-11-29(25-14-24(15-27(36)16-25)18-38-45(6,7)8)32-23(5)40-35(42-32)34-33-31(43-44-34)13-12-30(41-33)26-17-28(20-37-19-26)39-22(4)21(2)3/h9-17,19-21,38-39H,4,6-7,18H2,1-3,5,8H3,(H,40,42)(H,43,44)/b10-9-,29-11-. The third-order valence-electron chi connectivity index (χ3n) is 7.16. The van der Waals surface area contributed by atoms with Crippen LogP contribution < -0.4 is 10.0 Å². The van der Waals surface area contributed by atoms with Crippen molar-refractivity contribution in [1.29, 1.82) is 0 Å². The number of imidazole rings is 1. The molecule has 0 unspecified atom stereocenters. The monoisotopic (exact) mass is 622 g/mol. The van der Waals surface area contributed by atoms with Crippen LogP contribution in [0.3, 0.4) is 0 Å². The normalized spacial score (nSPS) is 12.5. The number of allylic oxidation sites excluding steroid dienone is 4. The van der Waals surface area contributed by atoms with Crippen LogP contribution in [0.2, 0.25) is 0 Å². The smallest absolute Gasteiger partial charge is 0.161 e. The Labute approximate surface area is 264 Å². The molecular formula is C35H39FN8S. The number of halogens is 1. The molecule has 0 amide bonds. The fourth-order valence-corrected chi connectivity index (χ4v) is 5.22. The van der Waals surface area contributed by atoms with E-state index in [1.807, 2.05) is 62.6 Å². The van der Waals surface area contributed by atoms with E-state index in [9.17, 15) is 4.39 Å². The SMILES string of the molecule is C=C(Nc1cncc(-c2ccc3[nH]nc(-c4nc(/C(=C\C=C/C)c5cc(F)cc(CNS(=C)(=C)C)c5)c(C)[nH]4)c3n2)c1)C(C)C. The van der Waals surface area contributed by atoms with E-state index in [4.69, 9.17) is 9.97 Å². The van der Waals surface area contributed by atoms with Crippen molar-refractivity contribution in [3.05, 3.63) is 108 Å². The first-order chi connectivity index (χ1) is 21.4. The van der Waals surface area contributed by atoms with Crippen molar-refractivity contribution in [1.82, 2.24) is 34.9 Å². The lowest BCUT2D eigenvalue weighted by Gasteiger charge is -2.13. The molecule has 0 bridgehead atoms. The predicted molar refractivity (Wildman–Crippen MR) is 190 cm³/mol. The minimum Gasteiger partial charge on any atom is -0.358 e. The number of hydrogen-bond acceptors (Lipinski definition) is 6. The Hall–Kier alpha value is -4.80. The number of nitrogens with one attached hydrogen (secondary N) is 4. The van der Waals surface area contributed by atoms with Crippen molar-refractivity contribution in [3.63, 3.8) is 0 Å². The molecule has 10 heteroatoms. The minimum atomic E-state index is -1.45. The Morgan fingerprint density at radius 1 is 1.11 bits per heavy atom. The summed E-state index contributed by atoms with van der Waals surface area (Å²) in [6, 6.07) is 10.9. The first kappa shape index (κ1) is 31.6. The van der Waals surface area contributed by atoms with E-state index in [0.29, 0.717) is 34.8 Å². The topological polar surface area (TPSA) is 107 Å². The van der Waals surface area contributed by atoms with Crippen LogP contribution in [0.1, 0.15) is 43.3 Å². The van der Waals surface area contributed by atoms with E-state index in [2.05, 4.69) is 62.4 Å². The number of benzene rings is 1. The van der Waals surface area contributed by atoms with Crippen molar-refractivity contribution in [2.45, 2.75) is 34.2 Å². The van der Waals surface area contributed by atoms with Gasteiger partial charge in [0.25, 0.3) is 0 Å². The van der Waals surface area contributed by atoms with Gasteiger partial charge >= 0.3 is 0 Å². The fraction of sp³-hybridized carbons (Fsp3) is 0.200. The van der Waals surface area contributed by atoms with Crippen molar-refractivity contribution in [3.8, 4) is 22.8 Å². The molecule has 4 N–H and O–H groups in total. The van der Waals surface area contributed by atoms with Crippen molar-refractivity contribution >= 4 is 43.4 Å². The highest BCUT2D eigenvalue weighted by Gasteiger charge is 2.20. The van der Waals surface area contributed by atoms with Gasteiger partial charge in [-0.05, 0) is 73.5 Å². The highest BCUT2D eigenvalue weighted by molar-refractivity contribution is 8.25. The zero-order valence-electron chi connectivity index (χ0n) is 26.3. The number of fused-ring (bicyclic) bond motifs is 1. The quantitative estimate of drug-likeness (QED) is 0.0887. The Balaban J connectivity index is 1.53. The van der Waals surface area contributed by atoms with Gasteiger partial charge in [-0.2, -0.15) is 14.5 Å². The summed E-state index contributed by atoms with van der Waals surface area (Å²) in [7, 11) is -1.45. The van der Waals surface area contributed by atoms with E-state index >= 15 is 0 Å². The van der Waals surface area contributed by atoms with Crippen LogP contribution in [0.5, 0.6) is 0 Å². The van der Waals surface area contributed by atoms with Crippen molar-refractivity contribution < 1.29 is 4.39 Å². The van der Waals surface area contributed by atoms with Gasteiger partial charge in [0, 0.05) is 35.3 Å². The van der Waals surface area contributed by atoms with E-state index in [0.717, 1.165) is 45.0 Å². The summed E-state index contributed by atoms with van der Waals surface area (Å²) in [5, 5.41) is 11.0. The fourth-order valence-electron chi connectivity index (χ4n) is 4.71. The van der Waals surface area contributed by atoms with Gasteiger partial charge < -0.3 is 10.3 Å². The number of anilines is 1. The molecule has 8 nitrogen and oxygen atoms in total. The average Bonchev–Trinajstić information content (AvgIpc) is 3.58. The molecule has 4 heterocycles. The molecule has 0 radical (unpaired) electrons. The Kier molecular flexibility index (Phi) is 9.17. The van der Waals surface area contributed by atoms with Crippen molar-refractivity contribution in [2.24, 2.45) is 5.92 Å². The van der Waals surface area contributed by atoms with Gasteiger partial charge in [-0.15, -0.1) is 0 Å². The largest absolute Gasteiger partial charge is 0.358 e. The number of rotatable bonds is 11. The predicted octanol–water partition coefficient (Wildman–Crippen LogP) is 7.75. The van der Waals surface area contributed by atoms with Crippen LogP contribution in [0.4, 0.5) is 10.1 Å². The second kappa shape index (κ2) is 13.1. The number of nitrogens with zero attached hydrogens (tertiary/aromatic N) is 4. The number of hydrogen-bond donors (Lipinski definition) is 4. The number of aryl methyl sites for hydroxylation is 1. The molecule has 4 aromatic heterocycles. The summed E-state index contributed by atoms with van der Waals surface area (Å²) >= 11 is 0. The molecule has 0 atom stereocenters. The van der Waals surface area contributed by atoms with E-state index in [1.165, 1.54) is 12.1 Å². The average molecular weight is 623 g/mol. The Morgan fingerprint density at radius 2 is 1.91 bits per heavy atom. The van der Waals surface area contributed by atoms with E-state index in [1.54, 1.807) is 12.4 Å². The molecule has 0 aliphatic rings. The van der Waals surface area contributed by atoms with Crippen LogP contribution in [0.25, 0.3) is 39.4 Å². The van der Waals surface area contributed by atoms with Crippen LogP contribution in [-0.4, -0.2) is 48.1 Å². The lowest BCUT2D eigenvalue weighted by atomic mass is 9.98. The third kappa shape index (κ3) is 7.47. The molecule has 5 aromatic rings. The first-order valence-electron chi connectivity index (χ1n) is 14.6. The van der Waals surface area contributed by atoms with Gasteiger partial charge in [0.05, 0.1) is 28.8 Å². The lowest BCUT2D eigenvalue weighted by Crippen LogP contribution is -2.08. The molecule has 0 aliphatic heterocycles. The molecule has 1 aromatic carbocycles. The molecule has 0 aliphatic carbocycles. The first-order valence-corrected chi connectivity index (χ1v) is 17.0. The molecule has 232 valence electrons. The number of H-pyrrole nitrogens is 2. The summed E-state index contributed by atoms with van der Waals surface area (Å²) in [5.74, 6) is 8.65. The molecule has 5 rings (SSSR count). The van der Waals surface area contributed by atoms with Crippen LogP contribution >= 0.6 is 9.39 Å². The van der Waals surface area contributed by atoms with Gasteiger partial charge in [-0.25, -0.2) is 14.4 Å². The lowest BCUT2D eigenvalue weighted by molar-refractivity contribution is 0.624. The van der Waals surface area contributed by atoms with Crippen molar-refractivity contribution in [2.75, 3.05) is 11.6 Å². The maximum absolute atomic E-state index is 14.9. The second-order valence-corrected chi connectivity index (χ2v) is 14.4. The van der Waals surface area contributed by atoms with E-state index < -0.39 is 9.39 Å². The minimum absolute atomic E-state index is 0.288. The third-order valence-corrected chi connectivity index (χ3v) is 8.00. The second-order valence-electron chi connectivity index (χ2n) is 11.5. The molecule has 45 heavy (non-hydrogen) atoms. The molecular weight excluding hydrogens is 584 g/mol. The van der Waals surface area contributed by atoms with Crippen LogP contribution in [-0.2, 0) is 6.54 Å². The van der Waals surface area contributed by atoms with Crippen LogP contribution in [0, 0.1) is 18.7 Å². The molecule has 0 spiro atoms. The summed E-state index contributed by atoms with van der Waals surface area (Å²) in [6.45, 7) is 12.6. The Bertz CT molecular complexity index is 2050. The van der Waals surface area contributed by atoms with E-state index in [-0.39, 0.29) is 11.7 Å². The number of aromatic amines is 2. The number of pyridine rings is 2. The maximum Gasteiger partial charge on any atom is 0.161 e. The highest BCUT2D eigenvalue weighted by Crippen LogP contribution is 2.32. The molecule has 0 saturated heterocycles. The Morgan fingerprint density at radius 3 is 2.64 bits per heavy atom. The van der Waals surface area contributed by atoms with Gasteiger partial charge in [0.1, 0.15) is 11.3 Å². The summed E-state index contributed by atoms with van der Waals surface area (Å²) < 4.78 is 18.2. The summed E-state index contributed by atoms with van der Waals surface area (Å²) in [6.07, 6.45) is 11.3. The number of aromatic nitrogens is 6. The molecule has 0 saturated carbocycles. The highest BCUT2D eigenvalue weighted by atomic mass is 32.2. The van der Waals surface area contributed by atoms with Gasteiger partial charge in [0.2, 0.25) is 0 Å². The van der Waals surface area contributed by atoms with Gasteiger partial charge in [-0.3, -0.25) is 14.8 Å². The zero-order valence-corrected chi connectivity index (χ0v) is 27.1. The van der Waals surface area contributed by atoms with Gasteiger partial charge in [0.15, 0.2) is 11.5 Å². The summed E-state index contributed by atoms with van der Waals surface area (Å²) in [4.78, 5) is 17.7. The maximum atomic E-state index is 14.9. The van der Waals surface area contributed by atoms with Gasteiger partial charge in [-0.1, -0.05) is 50.4 Å².